The molecule has 6 heteroatoms. The number of hydrogen-bond donors (Lipinski definition) is 2. The van der Waals surface area contributed by atoms with Crippen LogP contribution in [0.25, 0.3) is 22.2 Å². The standard InChI is InChI=1S/C19H20BrN3O2/c1-13(24)8-4-3-7-11-21-18-16-15(14-9-5-2-6-10-14)17(20)25-19(16)23-12-22-18/h2,5-6,9-10,12,24H,1,3-4,7-8,11H2,(H,21,22,23). The minimum absolute atomic E-state index is 0.251. The summed E-state index contributed by atoms with van der Waals surface area (Å²) in [6.07, 6.45) is 5.10. The van der Waals surface area contributed by atoms with Crippen LogP contribution < -0.4 is 5.32 Å². The molecule has 0 aliphatic carbocycles. The maximum Gasteiger partial charge on any atom is 0.233 e. The van der Waals surface area contributed by atoms with Crippen molar-refractivity contribution in [2.45, 2.75) is 25.7 Å². The predicted octanol–water partition coefficient (Wildman–Crippen LogP) is 5.70. The van der Waals surface area contributed by atoms with Gasteiger partial charge in [-0.05, 0) is 34.3 Å². The van der Waals surface area contributed by atoms with Crippen molar-refractivity contribution in [2.75, 3.05) is 11.9 Å². The summed E-state index contributed by atoms with van der Waals surface area (Å²) in [6, 6.07) is 10.0. The molecular weight excluding hydrogens is 382 g/mol. The van der Waals surface area contributed by atoms with E-state index in [1.54, 1.807) is 0 Å². The van der Waals surface area contributed by atoms with E-state index in [1.807, 2.05) is 30.3 Å². The fourth-order valence-electron chi connectivity index (χ4n) is 2.74. The number of aliphatic hydroxyl groups is 1. The molecule has 2 N–H and O–H groups in total. The van der Waals surface area contributed by atoms with Gasteiger partial charge in [-0.2, -0.15) is 0 Å². The van der Waals surface area contributed by atoms with Crippen LogP contribution in [0.1, 0.15) is 25.7 Å². The van der Waals surface area contributed by atoms with Crippen molar-refractivity contribution in [3.63, 3.8) is 0 Å². The summed E-state index contributed by atoms with van der Waals surface area (Å²) in [7, 11) is 0. The molecular formula is C19H20BrN3O2. The van der Waals surface area contributed by atoms with Gasteiger partial charge in [0.2, 0.25) is 5.71 Å². The maximum absolute atomic E-state index is 9.10. The highest BCUT2D eigenvalue weighted by atomic mass is 79.9. The first kappa shape index (κ1) is 17.5. The van der Waals surface area contributed by atoms with E-state index in [9.17, 15) is 0 Å². The van der Waals surface area contributed by atoms with Crippen molar-refractivity contribution in [1.82, 2.24) is 9.97 Å². The van der Waals surface area contributed by atoms with Crippen LogP contribution in [0.5, 0.6) is 0 Å². The van der Waals surface area contributed by atoms with E-state index in [1.165, 1.54) is 6.33 Å². The first-order valence-corrected chi connectivity index (χ1v) is 9.05. The number of nitrogens with one attached hydrogen (secondary N) is 1. The summed E-state index contributed by atoms with van der Waals surface area (Å²) in [5, 5.41) is 13.4. The van der Waals surface area contributed by atoms with Gasteiger partial charge in [-0.15, -0.1) is 0 Å². The van der Waals surface area contributed by atoms with E-state index in [4.69, 9.17) is 9.52 Å². The molecule has 0 fully saturated rings. The highest BCUT2D eigenvalue weighted by Crippen LogP contribution is 2.40. The Hall–Kier alpha value is -2.34. The van der Waals surface area contributed by atoms with E-state index in [-0.39, 0.29) is 5.76 Å². The smallest absolute Gasteiger partial charge is 0.233 e. The molecule has 0 spiro atoms. The molecule has 2 aromatic heterocycles. The minimum atomic E-state index is 0.251. The van der Waals surface area contributed by atoms with Crippen LogP contribution in [0.2, 0.25) is 0 Å². The van der Waals surface area contributed by atoms with Crippen molar-refractivity contribution in [3.8, 4) is 11.1 Å². The van der Waals surface area contributed by atoms with Crippen LogP contribution in [-0.2, 0) is 0 Å². The number of furan rings is 1. The Morgan fingerprint density at radius 3 is 2.72 bits per heavy atom. The normalized spacial score (nSPS) is 10.9. The first-order valence-electron chi connectivity index (χ1n) is 8.26. The lowest BCUT2D eigenvalue weighted by atomic mass is 10.1. The highest BCUT2D eigenvalue weighted by Gasteiger charge is 2.19. The van der Waals surface area contributed by atoms with Crippen molar-refractivity contribution < 1.29 is 9.52 Å². The Labute approximate surface area is 154 Å². The lowest BCUT2D eigenvalue weighted by molar-refractivity contribution is 0.384. The third-order valence-electron chi connectivity index (χ3n) is 3.94. The number of rotatable bonds is 8. The SMILES string of the molecule is C=C(O)CCCCCNc1ncnc2oc(Br)c(-c3ccccc3)c12. The average molecular weight is 402 g/mol. The Kier molecular flexibility index (Phi) is 5.71. The highest BCUT2D eigenvalue weighted by molar-refractivity contribution is 9.10. The van der Waals surface area contributed by atoms with Crippen molar-refractivity contribution in [1.29, 1.82) is 0 Å². The number of anilines is 1. The zero-order valence-electron chi connectivity index (χ0n) is 13.8. The summed E-state index contributed by atoms with van der Waals surface area (Å²) in [5.74, 6) is 1.02. The zero-order chi connectivity index (χ0) is 17.6. The number of halogens is 1. The largest absolute Gasteiger partial charge is 0.513 e. The van der Waals surface area contributed by atoms with Gasteiger partial charge in [-0.3, -0.25) is 0 Å². The fourth-order valence-corrected chi connectivity index (χ4v) is 3.32. The van der Waals surface area contributed by atoms with Gasteiger partial charge in [0, 0.05) is 18.5 Å². The van der Waals surface area contributed by atoms with Gasteiger partial charge < -0.3 is 14.8 Å². The van der Waals surface area contributed by atoms with Gasteiger partial charge in [0.1, 0.15) is 12.1 Å². The summed E-state index contributed by atoms with van der Waals surface area (Å²) in [6.45, 7) is 4.30. The number of aromatic nitrogens is 2. The van der Waals surface area contributed by atoms with Crippen LogP contribution in [0, 0.1) is 0 Å². The third-order valence-corrected chi connectivity index (χ3v) is 4.50. The molecule has 130 valence electrons. The van der Waals surface area contributed by atoms with Crippen molar-refractivity contribution >= 4 is 32.8 Å². The second-order valence-electron chi connectivity index (χ2n) is 5.82. The van der Waals surface area contributed by atoms with Crippen LogP contribution in [0.4, 0.5) is 5.82 Å². The summed E-state index contributed by atoms with van der Waals surface area (Å²) < 4.78 is 6.40. The second-order valence-corrected chi connectivity index (χ2v) is 6.54. The number of benzene rings is 1. The molecule has 0 saturated heterocycles. The number of aliphatic hydroxyl groups excluding tert-OH is 1. The van der Waals surface area contributed by atoms with E-state index < -0.39 is 0 Å². The molecule has 2 heterocycles. The molecule has 0 radical (unpaired) electrons. The van der Waals surface area contributed by atoms with Crippen molar-refractivity contribution in [3.05, 3.63) is 53.7 Å². The minimum Gasteiger partial charge on any atom is -0.513 e. The summed E-state index contributed by atoms with van der Waals surface area (Å²) in [5.41, 5.74) is 2.56. The number of fused-ring (bicyclic) bond motifs is 1. The molecule has 0 bridgehead atoms. The molecule has 0 aliphatic heterocycles. The molecule has 3 rings (SSSR count). The molecule has 25 heavy (non-hydrogen) atoms. The number of nitrogens with zero attached hydrogens (tertiary/aromatic N) is 2. The van der Waals surface area contributed by atoms with Gasteiger partial charge in [0.25, 0.3) is 0 Å². The number of unbranched alkanes of at least 4 members (excludes halogenated alkanes) is 2. The average Bonchev–Trinajstić information content (AvgIpc) is 2.95. The van der Waals surface area contributed by atoms with Gasteiger partial charge in [-0.25, -0.2) is 9.97 Å². The van der Waals surface area contributed by atoms with E-state index >= 15 is 0 Å². The molecule has 1 aromatic carbocycles. The maximum atomic E-state index is 9.10. The van der Waals surface area contributed by atoms with Gasteiger partial charge in [-0.1, -0.05) is 43.3 Å². The summed E-state index contributed by atoms with van der Waals surface area (Å²) in [4.78, 5) is 8.64. The Morgan fingerprint density at radius 2 is 1.96 bits per heavy atom. The van der Waals surface area contributed by atoms with Crippen LogP contribution in [0.15, 0.2) is 58.1 Å². The van der Waals surface area contributed by atoms with Gasteiger partial charge in [0.15, 0.2) is 4.67 Å². The van der Waals surface area contributed by atoms with Crippen LogP contribution in [0.3, 0.4) is 0 Å². The van der Waals surface area contributed by atoms with Crippen molar-refractivity contribution in [2.24, 2.45) is 0 Å². The molecule has 0 unspecified atom stereocenters. The van der Waals surface area contributed by atoms with Crippen LogP contribution in [-0.4, -0.2) is 21.6 Å². The van der Waals surface area contributed by atoms with Crippen LogP contribution >= 0.6 is 15.9 Å². The first-order chi connectivity index (χ1) is 12.2. The molecule has 0 amide bonds. The Bertz CT molecular complexity index is 862. The topological polar surface area (TPSA) is 71.2 Å². The molecule has 3 aromatic rings. The Balaban J connectivity index is 1.78. The number of allylic oxidation sites excluding steroid dienone is 1. The number of hydrogen-bond acceptors (Lipinski definition) is 5. The lowest BCUT2D eigenvalue weighted by Gasteiger charge is -2.07. The van der Waals surface area contributed by atoms with Gasteiger partial charge in [0.05, 0.1) is 11.1 Å². The second kappa shape index (κ2) is 8.16. The summed E-state index contributed by atoms with van der Waals surface area (Å²) >= 11 is 3.50. The fraction of sp³-hybridized carbons (Fsp3) is 0.263. The quantitative estimate of drug-likeness (QED) is 0.374. The van der Waals surface area contributed by atoms with E-state index in [2.05, 4.69) is 37.8 Å². The van der Waals surface area contributed by atoms with E-state index in [0.29, 0.717) is 16.8 Å². The van der Waals surface area contributed by atoms with Gasteiger partial charge >= 0.3 is 0 Å². The zero-order valence-corrected chi connectivity index (χ0v) is 15.4. The Morgan fingerprint density at radius 1 is 1.16 bits per heavy atom. The molecule has 5 nitrogen and oxygen atoms in total. The van der Waals surface area contributed by atoms with E-state index in [0.717, 1.165) is 48.1 Å². The monoisotopic (exact) mass is 401 g/mol. The molecule has 0 aliphatic rings. The molecule has 0 atom stereocenters. The predicted molar refractivity (Wildman–Crippen MR) is 104 cm³/mol. The third kappa shape index (κ3) is 4.20. The molecule has 0 saturated carbocycles. The lowest BCUT2D eigenvalue weighted by Crippen LogP contribution is -2.04.